The molecule has 1 aromatic carbocycles. The zero-order valence-electron chi connectivity index (χ0n) is 19.3. The number of esters is 1. The second kappa shape index (κ2) is 9.23. The predicted molar refractivity (Wildman–Crippen MR) is 131 cm³/mol. The van der Waals surface area contributed by atoms with Gasteiger partial charge in [0, 0.05) is 15.8 Å². The van der Waals surface area contributed by atoms with E-state index in [2.05, 4.69) is 21.2 Å². The van der Waals surface area contributed by atoms with Crippen molar-refractivity contribution in [3.05, 3.63) is 29.3 Å². The summed E-state index contributed by atoms with van der Waals surface area (Å²) in [6, 6.07) is 4.57. The van der Waals surface area contributed by atoms with Crippen molar-refractivity contribution < 1.29 is 24.2 Å². The second-order valence-corrected chi connectivity index (χ2v) is 11.9. The largest absolute Gasteiger partial charge is 0.466 e. The van der Waals surface area contributed by atoms with Crippen molar-refractivity contribution in [3.63, 3.8) is 0 Å². The number of hydrogen-bond donors (Lipinski definition) is 2. The third kappa shape index (κ3) is 3.80. The number of amides is 2. The summed E-state index contributed by atoms with van der Waals surface area (Å²) < 4.78 is 4.60. The summed E-state index contributed by atoms with van der Waals surface area (Å²) in [7, 11) is 0. The van der Waals surface area contributed by atoms with Gasteiger partial charge in [0.1, 0.15) is 6.04 Å². The molecule has 3 unspecified atom stereocenters. The van der Waals surface area contributed by atoms with Crippen molar-refractivity contribution in [3.8, 4) is 0 Å². The van der Waals surface area contributed by atoms with E-state index in [1.807, 2.05) is 39.0 Å². The number of benzene rings is 1. The van der Waals surface area contributed by atoms with E-state index in [9.17, 15) is 19.5 Å². The van der Waals surface area contributed by atoms with Crippen molar-refractivity contribution in [1.29, 1.82) is 0 Å². The van der Waals surface area contributed by atoms with Gasteiger partial charge in [-0.1, -0.05) is 35.0 Å². The summed E-state index contributed by atoms with van der Waals surface area (Å²) in [6.45, 7) is 7.53. The number of anilines is 1. The number of nitrogens with zero attached hydrogens (tertiary/aromatic N) is 1. The number of carbonyl (C=O) groups is 3. The lowest BCUT2D eigenvalue weighted by molar-refractivity contribution is -0.154. The fourth-order valence-corrected chi connectivity index (χ4v) is 9.34. The van der Waals surface area contributed by atoms with Crippen molar-refractivity contribution in [2.75, 3.05) is 18.5 Å². The first-order chi connectivity index (χ1) is 15.7. The smallest absolute Gasteiger partial charge is 0.310 e. The highest BCUT2D eigenvalue weighted by molar-refractivity contribution is 9.09. The van der Waals surface area contributed by atoms with Crippen LogP contribution in [-0.4, -0.2) is 67.9 Å². The molecule has 2 bridgehead atoms. The molecule has 4 rings (SSSR count). The van der Waals surface area contributed by atoms with Gasteiger partial charge in [-0.15, -0.1) is 11.8 Å². The first-order valence-electron chi connectivity index (χ1n) is 11.5. The van der Waals surface area contributed by atoms with Crippen LogP contribution in [0.3, 0.4) is 0 Å². The van der Waals surface area contributed by atoms with E-state index < -0.39 is 28.7 Å². The van der Waals surface area contributed by atoms with Crippen LogP contribution in [0, 0.1) is 25.7 Å². The number of aliphatic hydroxyl groups is 1. The molecule has 0 aliphatic carbocycles. The van der Waals surface area contributed by atoms with Gasteiger partial charge in [0.2, 0.25) is 11.8 Å². The average molecular weight is 539 g/mol. The lowest BCUT2D eigenvalue weighted by Gasteiger charge is -2.37. The van der Waals surface area contributed by atoms with E-state index in [0.717, 1.165) is 11.1 Å². The average Bonchev–Trinajstić information content (AvgIpc) is 3.36. The number of aliphatic hydroxyl groups excluding tert-OH is 1. The van der Waals surface area contributed by atoms with Crippen LogP contribution in [0.2, 0.25) is 0 Å². The Kier molecular flexibility index (Phi) is 6.86. The normalized spacial score (nSPS) is 33.2. The highest BCUT2D eigenvalue weighted by Crippen LogP contribution is 2.68. The van der Waals surface area contributed by atoms with E-state index in [-0.39, 0.29) is 41.1 Å². The molecule has 1 spiro atoms. The van der Waals surface area contributed by atoms with Crippen LogP contribution in [0.4, 0.5) is 5.69 Å². The van der Waals surface area contributed by atoms with Crippen LogP contribution in [0.1, 0.15) is 37.8 Å². The summed E-state index contributed by atoms with van der Waals surface area (Å²) in [4.78, 5) is 42.2. The fourth-order valence-electron chi connectivity index (χ4n) is 5.75. The second-order valence-electron chi connectivity index (χ2n) is 9.21. The lowest BCUT2D eigenvalue weighted by atomic mass is 9.71. The van der Waals surface area contributed by atoms with E-state index >= 15 is 0 Å². The van der Waals surface area contributed by atoms with Gasteiger partial charge in [0.25, 0.3) is 0 Å². The zero-order valence-corrected chi connectivity index (χ0v) is 21.7. The van der Waals surface area contributed by atoms with Gasteiger partial charge >= 0.3 is 5.97 Å². The maximum absolute atomic E-state index is 13.9. The molecule has 2 amide bonds. The van der Waals surface area contributed by atoms with Crippen LogP contribution in [0.25, 0.3) is 0 Å². The number of hydrogen-bond acceptors (Lipinski definition) is 6. The SMILES string of the molecule is CCOC(=O)[C@H]1[C@@H]2SC3(CC2Br)C(C(=O)Nc2cc(C)ccc2C)N([C@@H](CC)CO)C(=O)[C@H]13. The molecule has 2 N–H and O–H groups in total. The molecule has 33 heavy (non-hydrogen) atoms. The van der Waals surface area contributed by atoms with Crippen molar-refractivity contribution in [1.82, 2.24) is 4.90 Å². The van der Waals surface area contributed by atoms with Crippen LogP contribution in [0.5, 0.6) is 0 Å². The van der Waals surface area contributed by atoms with Gasteiger partial charge in [-0.25, -0.2) is 0 Å². The summed E-state index contributed by atoms with van der Waals surface area (Å²) >= 11 is 5.29. The van der Waals surface area contributed by atoms with E-state index in [1.165, 1.54) is 0 Å². The molecule has 3 saturated heterocycles. The molecular weight excluding hydrogens is 508 g/mol. The van der Waals surface area contributed by atoms with E-state index in [4.69, 9.17) is 4.74 Å². The number of alkyl halides is 1. The number of halogens is 1. The number of nitrogens with one attached hydrogen (secondary N) is 1. The van der Waals surface area contributed by atoms with Gasteiger partial charge in [-0.2, -0.15) is 0 Å². The molecule has 3 heterocycles. The van der Waals surface area contributed by atoms with Crippen LogP contribution in [-0.2, 0) is 19.1 Å². The van der Waals surface area contributed by atoms with Crippen molar-refractivity contribution >= 4 is 51.2 Å². The quantitative estimate of drug-likeness (QED) is 0.409. The maximum atomic E-state index is 13.9. The van der Waals surface area contributed by atoms with Crippen LogP contribution in [0.15, 0.2) is 18.2 Å². The van der Waals surface area contributed by atoms with Crippen molar-refractivity contribution in [2.24, 2.45) is 11.8 Å². The molecular formula is C24H31BrN2O5S. The molecule has 0 saturated carbocycles. The topological polar surface area (TPSA) is 95.9 Å². The Morgan fingerprint density at radius 2 is 2.09 bits per heavy atom. The highest BCUT2D eigenvalue weighted by Gasteiger charge is 2.76. The Bertz CT molecular complexity index is 970. The number of likely N-dealkylation sites (tertiary alicyclic amines) is 1. The minimum Gasteiger partial charge on any atom is -0.466 e. The molecule has 3 fully saturated rings. The Labute approximate surface area is 207 Å². The van der Waals surface area contributed by atoms with Gasteiger partial charge in [0.05, 0.1) is 35.8 Å². The monoisotopic (exact) mass is 538 g/mol. The molecule has 7 atom stereocenters. The Balaban J connectivity index is 1.78. The number of ether oxygens (including phenoxy) is 1. The third-order valence-electron chi connectivity index (χ3n) is 7.26. The molecule has 3 aliphatic heterocycles. The molecule has 0 aromatic heterocycles. The molecule has 9 heteroatoms. The fraction of sp³-hybridized carbons (Fsp3) is 0.625. The first kappa shape index (κ1) is 24.5. The number of fused-ring (bicyclic) bond motifs is 1. The van der Waals surface area contributed by atoms with E-state index in [1.54, 1.807) is 23.6 Å². The van der Waals surface area contributed by atoms with Crippen LogP contribution < -0.4 is 5.32 Å². The minimum absolute atomic E-state index is 0.00823. The van der Waals surface area contributed by atoms with Gasteiger partial charge in [-0.3, -0.25) is 14.4 Å². The molecule has 1 aromatic rings. The lowest BCUT2D eigenvalue weighted by Crippen LogP contribution is -2.55. The van der Waals surface area contributed by atoms with Gasteiger partial charge in [-0.05, 0) is 50.8 Å². The summed E-state index contributed by atoms with van der Waals surface area (Å²) in [5, 5.41) is 13.0. The Morgan fingerprint density at radius 1 is 1.36 bits per heavy atom. The zero-order chi connectivity index (χ0) is 24.1. The summed E-state index contributed by atoms with van der Waals surface area (Å²) in [5.41, 5.74) is 2.66. The number of aryl methyl sites for hydroxylation is 2. The predicted octanol–water partition coefficient (Wildman–Crippen LogP) is 3.04. The molecule has 180 valence electrons. The van der Waals surface area contributed by atoms with Gasteiger partial charge in [0.15, 0.2) is 0 Å². The minimum atomic E-state index is -0.790. The number of thioether (sulfide) groups is 1. The summed E-state index contributed by atoms with van der Waals surface area (Å²) in [5.74, 6) is -2.15. The number of rotatable bonds is 7. The Morgan fingerprint density at radius 3 is 2.73 bits per heavy atom. The first-order valence-corrected chi connectivity index (χ1v) is 13.3. The van der Waals surface area contributed by atoms with Crippen molar-refractivity contribution in [2.45, 2.75) is 67.4 Å². The Hall–Kier alpha value is -1.58. The van der Waals surface area contributed by atoms with Gasteiger partial charge < -0.3 is 20.1 Å². The molecule has 0 radical (unpaired) electrons. The third-order valence-corrected chi connectivity index (χ3v) is 10.5. The molecule has 3 aliphatic rings. The van der Waals surface area contributed by atoms with Crippen LogP contribution >= 0.6 is 27.7 Å². The van der Waals surface area contributed by atoms with E-state index in [0.29, 0.717) is 18.5 Å². The standard InChI is InChI=1S/C24H31BrN2O5S/c1-5-14(11-28)27-20(21(29)26-16-9-12(3)7-8-13(16)4)24-10-15(25)19(33-24)17(18(24)22(27)30)23(31)32-6-2/h7-9,14-15,17-20,28H,5-6,10-11H2,1-4H3,(H,26,29)/t14-,15?,17+,18-,19+,20?,24?/m0/s1. The number of carbonyl (C=O) groups excluding carboxylic acids is 3. The molecule has 7 nitrogen and oxygen atoms in total. The maximum Gasteiger partial charge on any atom is 0.310 e. The highest BCUT2D eigenvalue weighted by atomic mass is 79.9. The summed E-state index contributed by atoms with van der Waals surface area (Å²) in [6.07, 6.45) is 1.10.